The summed E-state index contributed by atoms with van der Waals surface area (Å²) in [4.78, 5) is 32.3. The van der Waals surface area contributed by atoms with Crippen LogP contribution >= 0.6 is 7.82 Å². The van der Waals surface area contributed by atoms with Crippen LogP contribution in [-0.4, -0.2) is 30.9 Å². The van der Waals surface area contributed by atoms with Crippen molar-refractivity contribution in [3.8, 4) is 5.75 Å². The van der Waals surface area contributed by atoms with Crippen molar-refractivity contribution in [1.29, 1.82) is 0 Å². The number of aromatic carboxylic acids is 1. The summed E-state index contributed by atoms with van der Waals surface area (Å²) in [6.07, 6.45) is 0. The van der Waals surface area contributed by atoms with Crippen LogP contribution in [0.3, 0.4) is 0 Å². The molecule has 3 rings (SSSR count). The Morgan fingerprint density at radius 3 is 1.86 bits per heavy atom. The van der Waals surface area contributed by atoms with Crippen molar-refractivity contribution in [3.05, 3.63) is 71.3 Å². The zero-order valence-corrected chi connectivity index (χ0v) is 16.2. The Hall–Kier alpha value is -2.90. The van der Waals surface area contributed by atoms with E-state index in [1.165, 1.54) is 17.7 Å². The van der Waals surface area contributed by atoms with Gasteiger partial charge in [0.05, 0.1) is 0 Å². The highest BCUT2D eigenvalue weighted by atomic mass is 31.2. The maximum absolute atomic E-state index is 10.7. The van der Waals surface area contributed by atoms with Crippen LogP contribution in [0.4, 0.5) is 5.69 Å². The summed E-state index contributed by atoms with van der Waals surface area (Å²) in [6.45, 7) is 4.08. The lowest BCUT2D eigenvalue weighted by atomic mass is 10.1. The number of aryl methyl sites for hydroxylation is 2. The van der Waals surface area contributed by atoms with Crippen molar-refractivity contribution in [2.24, 2.45) is 0 Å². The first-order valence-corrected chi connectivity index (χ1v) is 9.51. The molecule has 28 heavy (non-hydrogen) atoms. The number of carbonyl (C=O) groups is 1. The first kappa shape index (κ1) is 23.1. The molecule has 0 amide bonds. The summed E-state index contributed by atoms with van der Waals surface area (Å²) in [5.41, 5.74) is 8.83. The highest BCUT2D eigenvalue weighted by molar-refractivity contribution is 7.45. The summed E-state index contributed by atoms with van der Waals surface area (Å²) in [5.74, 6) is -1.32. The van der Waals surface area contributed by atoms with E-state index in [0.717, 1.165) is 22.0 Å². The van der Waals surface area contributed by atoms with Gasteiger partial charge in [0, 0.05) is 5.69 Å². The van der Waals surface area contributed by atoms with Crippen LogP contribution in [0.15, 0.2) is 54.6 Å². The van der Waals surface area contributed by atoms with Gasteiger partial charge in [0.15, 0.2) is 0 Å². The first-order valence-electron chi connectivity index (χ1n) is 7.94. The molecule has 7 N–H and O–H groups in total. The predicted octanol–water partition coefficient (Wildman–Crippen LogP) is 3.20. The quantitative estimate of drug-likeness (QED) is 0.265. The van der Waals surface area contributed by atoms with Crippen molar-refractivity contribution in [1.82, 2.24) is 0 Å². The molecule has 0 aromatic heterocycles. The van der Waals surface area contributed by atoms with Gasteiger partial charge < -0.3 is 30.6 Å². The minimum Gasteiger partial charge on any atom is -0.507 e. The minimum atomic E-state index is -4.64. The molecule has 0 fully saturated rings. The average molecular weight is 407 g/mol. The molecule has 0 aliphatic heterocycles. The molecule has 0 unspecified atom stereocenters. The fourth-order valence-corrected chi connectivity index (χ4v) is 2.23. The van der Waals surface area contributed by atoms with Gasteiger partial charge in [-0.15, -0.1) is 0 Å². The molecule has 8 nitrogen and oxygen atoms in total. The summed E-state index contributed by atoms with van der Waals surface area (Å²) in [7, 11) is -4.64. The van der Waals surface area contributed by atoms with Gasteiger partial charge in [-0.05, 0) is 48.4 Å². The van der Waals surface area contributed by atoms with E-state index in [4.69, 9.17) is 30.1 Å². The lowest BCUT2D eigenvalue weighted by Crippen LogP contribution is -1.96. The fourth-order valence-electron chi connectivity index (χ4n) is 2.23. The number of aromatic hydroxyl groups is 1. The standard InChI is InChI=1S/C11H8O3.C8H11N.H3O4P/c12-10-6-8-4-2-1-3-7(8)5-9(10)11(13)14;1-6-3-4-8(9)7(2)5-6;1-5(2,3)4/h1-6,12H,(H,13,14);3-5H,9H2,1-2H3;(H3,1,2,3,4). The number of carboxylic acids is 1. The summed E-state index contributed by atoms with van der Waals surface area (Å²) >= 11 is 0. The number of nitrogen functional groups attached to an aromatic ring is 1. The Balaban J connectivity index is 0.000000241. The lowest BCUT2D eigenvalue weighted by molar-refractivity contribution is 0.0694. The molecule has 0 bridgehead atoms. The van der Waals surface area contributed by atoms with Gasteiger partial charge in [-0.1, -0.05) is 42.0 Å². The molecule has 150 valence electrons. The average Bonchev–Trinajstić information content (AvgIpc) is 2.57. The minimum absolute atomic E-state index is 0.0660. The number of fused-ring (bicyclic) bond motifs is 1. The van der Waals surface area contributed by atoms with Crippen LogP contribution < -0.4 is 5.73 Å². The molecule has 0 spiro atoms. The van der Waals surface area contributed by atoms with E-state index in [1.54, 1.807) is 6.07 Å². The largest absolute Gasteiger partial charge is 0.507 e. The van der Waals surface area contributed by atoms with Crippen LogP contribution in [0.5, 0.6) is 5.75 Å². The first-order chi connectivity index (χ1) is 12.9. The highest BCUT2D eigenvalue weighted by Crippen LogP contribution is 2.26. The maximum Gasteiger partial charge on any atom is 0.466 e. The van der Waals surface area contributed by atoms with E-state index in [1.807, 2.05) is 37.3 Å². The molecule has 0 atom stereocenters. The van der Waals surface area contributed by atoms with Gasteiger partial charge in [-0.2, -0.15) is 0 Å². The third-order valence-corrected chi connectivity index (χ3v) is 3.52. The monoisotopic (exact) mass is 407 g/mol. The topological polar surface area (TPSA) is 161 Å². The molecule has 0 saturated carbocycles. The van der Waals surface area contributed by atoms with E-state index in [2.05, 4.69) is 13.0 Å². The van der Waals surface area contributed by atoms with Crippen LogP contribution in [0, 0.1) is 13.8 Å². The van der Waals surface area contributed by atoms with Crippen molar-refractivity contribution < 1.29 is 34.3 Å². The van der Waals surface area contributed by atoms with Crippen LogP contribution in [-0.2, 0) is 4.57 Å². The Kier molecular flexibility index (Phi) is 8.16. The van der Waals surface area contributed by atoms with Crippen molar-refractivity contribution in [3.63, 3.8) is 0 Å². The Morgan fingerprint density at radius 2 is 1.43 bits per heavy atom. The van der Waals surface area contributed by atoms with E-state index in [-0.39, 0.29) is 11.3 Å². The number of phenols is 1. The second kappa shape index (κ2) is 9.87. The lowest BCUT2D eigenvalue weighted by Gasteiger charge is -2.02. The Labute approximate surface area is 161 Å². The van der Waals surface area contributed by atoms with E-state index in [9.17, 15) is 9.90 Å². The smallest absolute Gasteiger partial charge is 0.466 e. The van der Waals surface area contributed by atoms with Crippen LogP contribution in [0.1, 0.15) is 21.5 Å². The molecule has 0 aliphatic rings. The molecular formula is C19H22NO7P. The van der Waals surface area contributed by atoms with Crippen molar-refractivity contribution in [2.45, 2.75) is 13.8 Å². The van der Waals surface area contributed by atoms with Crippen LogP contribution in [0.25, 0.3) is 10.8 Å². The molecule has 0 aliphatic carbocycles. The van der Waals surface area contributed by atoms with E-state index < -0.39 is 13.8 Å². The number of hydrogen-bond donors (Lipinski definition) is 6. The predicted molar refractivity (Wildman–Crippen MR) is 107 cm³/mol. The molecule has 3 aromatic carbocycles. The fraction of sp³-hybridized carbons (Fsp3) is 0.105. The van der Waals surface area contributed by atoms with Gasteiger partial charge in [-0.3, -0.25) is 0 Å². The van der Waals surface area contributed by atoms with E-state index in [0.29, 0.717) is 0 Å². The van der Waals surface area contributed by atoms with Gasteiger partial charge in [0.2, 0.25) is 0 Å². The molecule has 0 heterocycles. The number of phosphoric acid groups is 1. The third-order valence-electron chi connectivity index (χ3n) is 3.52. The summed E-state index contributed by atoms with van der Waals surface area (Å²) in [5, 5.41) is 19.8. The van der Waals surface area contributed by atoms with Crippen molar-refractivity contribution in [2.75, 3.05) is 5.73 Å². The van der Waals surface area contributed by atoms with Gasteiger partial charge in [0.25, 0.3) is 0 Å². The number of rotatable bonds is 1. The number of benzene rings is 3. The Bertz CT molecular complexity index is 1010. The SMILES string of the molecule is Cc1ccc(N)c(C)c1.O=C(O)c1cc2ccccc2cc1O.O=P(O)(O)O. The second-order valence-electron chi connectivity index (χ2n) is 5.89. The molecule has 3 aromatic rings. The highest BCUT2D eigenvalue weighted by Gasteiger charge is 2.09. The zero-order valence-electron chi connectivity index (χ0n) is 15.3. The van der Waals surface area contributed by atoms with Gasteiger partial charge in [-0.25, -0.2) is 9.36 Å². The van der Waals surface area contributed by atoms with E-state index >= 15 is 0 Å². The van der Waals surface area contributed by atoms with Gasteiger partial charge in [0.1, 0.15) is 11.3 Å². The zero-order chi connectivity index (χ0) is 21.5. The third kappa shape index (κ3) is 8.20. The maximum atomic E-state index is 10.7. The normalized spacial score (nSPS) is 10.3. The number of anilines is 1. The second-order valence-corrected chi connectivity index (χ2v) is 6.92. The molecule has 0 saturated heterocycles. The molecule has 0 radical (unpaired) electrons. The van der Waals surface area contributed by atoms with Crippen molar-refractivity contribution >= 4 is 30.3 Å². The van der Waals surface area contributed by atoms with Crippen LogP contribution in [0.2, 0.25) is 0 Å². The molecule has 9 heteroatoms. The van der Waals surface area contributed by atoms with Gasteiger partial charge >= 0.3 is 13.8 Å². The summed E-state index contributed by atoms with van der Waals surface area (Å²) in [6, 6.07) is 16.2. The number of carboxylic acid groups (broad SMARTS) is 1. The summed E-state index contributed by atoms with van der Waals surface area (Å²) < 4.78 is 8.88. The number of hydrogen-bond acceptors (Lipinski definition) is 4. The molecular weight excluding hydrogens is 385 g/mol. The Morgan fingerprint density at radius 1 is 0.929 bits per heavy atom. The number of nitrogens with two attached hydrogens (primary N) is 1.